The zero-order valence-electron chi connectivity index (χ0n) is 10.5. The van der Waals surface area contributed by atoms with E-state index >= 15 is 0 Å². The SMILES string of the molecule is N#CC(C#N)=C(C#N)Nc1ccc(OC2COC2)cc1. The van der Waals surface area contributed by atoms with Crippen molar-refractivity contribution in [2.75, 3.05) is 18.5 Å². The maximum Gasteiger partial charge on any atom is 0.163 e. The van der Waals surface area contributed by atoms with E-state index in [2.05, 4.69) is 5.32 Å². The fraction of sp³-hybridized carbons (Fsp3) is 0.214. The summed E-state index contributed by atoms with van der Waals surface area (Å²) in [5, 5.41) is 29.1. The van der Waals surface area contributed by atoms with Gasteiger partial charge in [0.05, 0.1) is 13.2 Å². The van der Waals surface area contributed by atoms with Crippen LogP contribution in [-0.4, -0.2) is 19.3 Å². The van der Waals surface area contributed by atoms with Gasteiger partial charge >= 0.3 is 0 Å². The number of ether oxygens (including phenoxy) is 2. The predicted molar refractivity (Wildman–Crippen MR) is 69.2 cm³/mol. The van der Waals surface area contributed by atoms with Crippen LogP contribution in [0.1, 0.15) is 0 Å². The van der Waals surface area contributed by atoms with E-state index in [1.165, 1.54) is 0 Å². The Morgan fingerprint density at radius 1 is 1.10 bits per heavy atom. The first-order valence-electron chi connectivity index (χ1n) is 5.83. The Morgan fingerprint density at radius 2 is 1.75 bits per heavy atom. The van der Waals surface area contributed by atoms with Crippen LogP contribution >= 0.6 is 0 Å². The molecule has 1 aliphatic heterocycles. The Bertz CT molecular complexity index is 624. The maximum atomic E-state index is 8.92. The van der Waals surface area contributed by atoms with Crippen LogP contribution in [0.15, 0.2) is 35.5 Å². The summed E-state index contributed by atoms with van der Waals surface area (Å²) >= 11 is 0. The number of nitriles is 3. The summed E-state index contributed by atoms with van der Waals surface area (Å²) in [5.74, 6) is 0.701. The molecule has 0 unspecified atom stereocenters. The number of nitrogens with zero attached hydrogens (tertiary/aromatic N) is 3. The van der Waals surface area contributed by atoms with E-state index in [4.69, 9.17) is 25.3 Å². The predicted octanol–water partition coefficient (Wildman–Crippen LogP) is 1.70. The maximum absolute atomic E-state index is 8.92. The number of allylic oxidation sites excluding steroid dienone is 2. The van der Waals surface area contributed by atoms with Gasteiger partial charge in [-0.15, -0.1) is 0 Å². The van der Waals surface area contributed by atoms with Crippen molar-refractivity contribution in [3.05, 3.63) is 35.5 Å². The molecule has 1 heterocycles. The third kappa shape index (κ3) is 3.05. The minimum atomic E-state index is -0.251. The van der Waals surface area contributed by atoms with Crippen molar-refractivity contribution in [3.63, 3.8) is 0 Å². The van der Waals surface area contributed by atoms with E-state index in [9.17, 15) is 0 Å². The Hall–Kier alpha value is -3.01. The number of benzene rings is 1. The normalized spacial score (nSPS) is 13.1. The Kier molecular flexibility index (Phi) is 4.19. The van der Waals surface area contributed by atoms with E-state index < -0.39 is 0 Å². The molecule has 1 saturated heterocycles. The summed E-state index contributed by atoms with van der Waals surface area (Å²) in [5.41, 5.74) is 0.275. The zero-order valence-corrected chi connectivity index (χ0v) is 10.5. The second-order valence-electron chi connectivity index (χ2n) is 4.01. The van der Waals surface area contributed by atoms with Crippen molar-refractivity contribution in [1.82, 2.24) is 0 Å². The number of rotatable bonds is 4. The molecule has 0 amide bonds. The van der Waals surface area contributed by atoms with Gasteiger partial charge in [0.2, 0.25) is 0 Å². The third-order valence-corrected chi connectivity index (χ3v) is 2.62. The number of anilines is 1. The van der Waals surface area contributed by atoms with Crippen molar-refractivity contribution in [3.8, 4) is 24.0 Å². The third-order valence-electron chi connectivity index (χ3n) is 2.62. The van der Waals surface area contributed by atoms with Gasteiger partial charge in [-0.25, -0.2) is 0 Å². The van der Waals surface area contributed by atoms with Crippen LogP contribution in [0.5, 0.6) is 5.75 Å². The average Bonchev–Trinajstić information content (AvgIpc) is 2.44. The fourth-order valence-electron chi connectivity index (χ4n) is 1.52. The van der Waals surface area contributed by atoms with Gasteiger partial charge in [0.1, 0.15) is 35.8 Å². The Morgan fingerprint density at radius 3 is 2.20 bits per heavy atom. The van der Waals surface area contributed by atoms with Crippen LogP contribution in [0.25, 0.3) is 0 Å². The molecule has 0 bridgehead atoms. The van der Waals surface area contributed by atoms with E-state index in [1.54, 1.807) is 42.5 Å². The summed E-state index contributed by atoms with van der Waals surface area (Å²) in [4.78, 5) is 0. The summed E-state index contributed by atoms with van der Waals surface area (Å²) < 4.78 is 10.6. The Balaban J connectivity index is 2.07. The van der Waals surface area contributed by atoms with Crippen LogP contribution in [0.2, 0.25) is 0 Å². The lowest BCUT2D eigenvalue weighted by Gasteiger charge is -2.26. The molecule has 6 nitrogen and oxygen atoms in total. The van der Waals surface area contributed by atoms with Gasteiger partial charge in [-0.05, 0) is 24.3 Å². The highest BCUT2D eigenvalue weighted by Gasteiger charge is 2.19. The van der Waals surface area contributed by atoms with Crippen molar-refractivity contribution in [1.29, 1.82) is 15.8 Å². The molecule has 2 rings (SSSR count). The van der Waals surface area contributed by atoms with Gasteiger partial charge < -0.3 is 14.8 Å². The molecule has 0 spiro atoms. The molecule has 1 aromatic rings. The van der Waals surface area contributed by atoms with Gasteiger partial charge in [-0.1, -0.05) is 0 Å². The summed E-state index contributed by atoms with van der Waals surface area (Å²) in [6, 6.07) is 12.0. The molecule has 0 saturated carbocycles. The zero-order chi connectivity index (χ0) is 14.4. The first-order chi connectivity index (χ1) is 9.76. The topological polar surface area (TPSA) is 102 Å². The minimum absolute atomic E-state index is 0.0731. The summed E-state index contributed by atoms with van der Waals surface area (Å²) in [7, 11) is 0. The van der Waals surface area contributed by atoms with E-state index in [0.29, 0.717) is 24.7 Å². The molecule has 0 aliphatic carbocycles. The van der Waals surface area contributed by atoms with Gasteiger partial charge in [0.15, 0.2) is 5.57 Å². The van der Waals surface area contributed by atoms with Crippen molar-refractivity contribution in [2.24, 2.45) is 0 Å². The lowest BCUT2D eigenvalue weighted by molar-refractivity contribution is -0.0796. The van der Waals surface area contributed by atoms with Gasteiger partial charge in [0.25, 0.3) is 0 Å². The van der Waals surface area contributed by atoms with Gasteiger partial charge in [0, 0.05) is 5.69 Å². The van der Waals surface area contributed by atoms with Crippen molar-refractivity contribution >= 4 is 5.69 Å². The lowest BCUT2D eigenvalue weighted by atomic mass is 10.2. The molecular weight excluding hydrogens is 256 g/mol. The highest BCUT2D eigenvalue weighted by atomic mass is 16.6. The molecule has 1 N–H and O–H groups in total. The molecule has 0 aromatic heterocycles. The van der Waals surface area contributed by atoms with Crippen molar-refractivity contribution < 1.29 is 9.47 Å². The van der Waals surface area contributed by atoms with E-state index in [1.807, 2.05) is 0 Å². The molecule has 1 aromatic carbocycles. The van der Waals surface area contributed by atoms with Gasteiger partial charge in [-0.3, -0.25) is 0 Å². The van der Waals surface area contributed by atoms with Crippen LogP contribution in [-0.2, 0) is 4.74 Å². The standard InChI is InChI=1S/C14H10N4O2/c15-5-10(6-16)14(7-17)18-11-1-3-12(4-2-11)20-13-8-19-9-13/h1-4,13,18H,8-9H2. The van der Waals surface area contributed by atoms with Crippen molar-refractivity contribution in [2.45, 2.75) is 6.10 Å². The number of hydrogen-bond donors (Lipinski definition) is 1. The Labute approximate surface area is 116 Å². The van der Waals surface area contributed by atoms with Crippen LogP contribution < -0.4 is 10.1 Å². The van der Waals surface area contributed by atoms with E-state index in [0.717, 1.165) is 0 Å². The average molecular weight is 266 g/mol. The molecule has 0 radical (unpaired) electrons. The number of hydrogen-bond acceptors (Lipinski definition) is 6. The molecule has 20 heavy (non-hydrogen) atoms. The monoisotopic (exact) mass is 266 g/mol. The first kappa shape index (κ1) is 13.4. The highest BCUT2D eigenvalue weighted by molar-refractivity contribution is 5.58. The van der Waals surface area contributed by atoms with Crippen LogP contribution in [0, 0.1) is 34.0 Å². The molecular formula is C14H10N4O2. The highest BCUT2D eigenvalue weighted by Crippen LogP contribution is 2.20. The van der Waals surface area contributed by atoms with E-state index in [-0.39, 0.29) is 17.4 Å². The smallest absolute Gasteiger partial charge is 0.163 e. The summed E-state index contributed by atoms with van der Waals surface area (Å²) in [6.07, 6.45) is 0.0900. The van der Waals surface area contributed by atoms with Gasteiger partial charge in [-0.2, -0.15) is 15.8 Å². The summed E-state index contributed by atoms with van der Waals surface area (Å²) in [6.45, 7) is 1.18. The second-order valence-corrected chi connectivity index (χ2v) is 4.01. The molecule has 1 fully saturated rings. The largest absolute Gasteiger partial charge is 0.486 e. The quantitative estimate of drug-likeness (QED) is 0.832. The molecule has 1 aliphatic rings. The number of nitrogens with one attached hydrogen (secondary N) is 1. The molecule has 98 valence electrons. The van der Waals surface area contributed by atoms with Crippen LogP contribution in [0.3, 0.4) is 0 Å². The first-order valence-corrected chi connectivity index (χ1v) is 5.83. The fourth-order valence-corrected chi connectivity index (χ4v) is 1.52. The molecule has 6 heteroatoms. The molecule has 0 atom stereocenters. The second kappa shape index (κ2) is 6.24. The minimum Gasteiger partial charge on any atom is -0.486 e. The lowest BCUT2D eigenvalue weighted by Crippen LogP contribution is -2.38. The van der Waals surface area contributed by atoms with Crippen LogP contribution in [0.4, 0.5) is 5.69 Å².